The highest BCUT2D eigenvalue weighted by Gasteiger charge is 2.11. The van der Waals surface area contributed by atoms with Crippen LogP contribution >= 0.6 is 12.2 Å². The number of nitrogen functional groups attached to an aromatic ring is 1. The maximum atomic E-state index is 10.6. The molecule has 78 valence electrons. The number of nitrogens with zero attached hydrogens (tertiary/aromatic N) is 2. The molecule has 0 saturated carbocycles. The van der Waals surface area contributed by atoms with Crippen molar-refractivity contribution in [2.45, 2.75) is 6.42 Å². The van der Waals surface area contributed by atoms with E-state index in [2.05, 4.69) is 19.9 Å². The number of hydrogen-bond donors (Lipinski definition) is 4. The summed E-state index contributed by atoms with van der Waals surface area (Å²) in [5, 5.41) is 8.67. The number of H-pyrrole nitrogens is 2. The molecule has 0 amide bonds. The smallest absolute Gasteiger partial charge is 0.309 e. The van der Waals surface area contributed by atoms with E-state index in [9.17, 15) is 4.79 Å². The maximum Gasteiger partial charge on any atom is 0.309 e. The Morgan fingerprint density at radius 3 is 2.87 bits per heavy atom. The Kier molecular flexibility index (Phi) is 2.12. The molecular formula is C7H7N5O2S. The van der Waals surface area contributed by atoms with E-state index in [4.69, 9.17) is 23.1 Å². The SMILES string of the molecule is Nc1nc(CC(=O)O)c2[nH]c(=S)[nH]c2n1. The van der Waals surface area contributed by atoms with Gasteiger partial charge in [0.05, 0.1) is 12.1 Å². The fourth-order valence-electron chi connectivity index (χ4n) is 1.27. The van der Waals surface area contributed by atoms with Crippen molar-refractivity contribution in [2.24, 2.45) is 0 Å². The Balaban J connectivity index is 2.70. The summed E-state index contributed by atoms with van der Waals surface area (Å²) in [7, 11) is 0. The molecule has 0 radical (unpaired) electrons. The van der Waals surface area contributed by atoms with E-state index in [0.29, 0.717) is 21.6 Å². The number of fused-ring (bicyclic) bond motifs is 1. The number of anilines is 1. The number of imidazole rings is 1. The number of aliphatic carboxylic acids is 1. The van der Waals surface area contributed by atoms with Crippen molar-refractivity contribution in [1.82, 2.24) is 19.9 Å². The van der Waals surface area contributed by atoms with Crippen molar-refractivity contribution < 1.29 is 9.90 Å². The van der Waals surface area contributed by atoms with Gasteiger partial charge >= 0.3 is 5.97 Å². The van der Waals surface area contributed by atoms with Crippen LogP contribution in [0.1, 0.15) is 5.69 Å². The molecule has 7 nitrogen and oxygen atoms in total. The van der Waals surface area contributed by atoms with Gasteiger partial charge in [-0.25, -0.2) is 4.98 Å². The van der Waals surface area contributed by atoms with Crippen LogP contribution in [-0.4, -0.2) is 31.0 Å². The molecule has 0 bridgehead atoms. The Morgan fingerprint density at radius 2 is 2.20 bits per heavy atom. The molecule has 2 aromatic rings. The molecule has 5 N–H and O–H groups in total. The summed E-state index contributed by atoms with van der Waals surface area (Å²) in [5.41, 5.74) is 6.65. The topological polar surface area (TPSA) is 121 Å². The number of carbonyl (C=O) groups is 1. The lowest BCUT2D eigenvalue weighted by atomic mass is 10.3. The lowest BCUT2D eigenvalue weighted by Crippen LogP contribution is -2.06. The van der Waals surface area contributed by atoms with Gasteiger partial charge in [-0.1, -0.05) is 0 Å². The largest absolute Gasteiger partial charge is 0.481 e. The van der Waals surface area contributed by atoms with Crippen molar-refractivity contribution in [1.29, 1.82) is 0 Å². The Bertz CT molecular complexity index is 587. The number of rotatable bonds is 2. The van der Waals surface area contributed by atoms with Crippen molar-refractivity contribution in [2.75, 3.05) is 5.73 Å². The number of carboxylic acids is 1. The minimum atomic E-state index is -0.991. The molecule has 0 spiro atoms. The summed E-state index contributed by atoms with van der Waals surface area (Å²) in [5.74, 6) is -0.973. The van der Waals surface area contributed by atoms with Gasteiger partial charge in [0.2, 0.25) is 5.95 Å². The first-order valence-corrected chi connectivity index (χ1v) is 4.43. The number of nitrogens with one attached hydrogen (secondary N) is 2. The molecule has 2 heterocycles. The van der Waals surface area contributed by atoms with E-state index in [1.54, 1.807) is 0 Å². The summed E-state index contributed by atoms with van der Waals surface area (Å²) in [4.78, 5) is 23.8. The average molecular weight is 225 g/mol. The second kappa shape index (κ2) is 3.31. The minimum absolute atomic E-state index is 0.0176. The highest BCUT2D eigenvalue weighted by Crippen LogP contribution is 2.13. The predicted molar refractivity (Wildman–Crippen MR) is 54.8 cm³/mol. The molecule has 0 aliphatic carbocycles. The first kappa shape index (κ1) is 9.59. The fraction of sp³-hybridized carbons (Fsp3) is 0.143. The highest BCUT2D eigenvalue weighted by atomic mass is 32.1. The molecule has 0 fully saturated rings. The van der Waals surface area contributed by atoms with E-state index in [1.165, 1.54) is 0 Å². The zero-order chi connectivity index (χ0) is 11.0. The lowest BCUT2D eigenvalue weighted by Gasteiger charge is -1.99. The first-order chi connectivity index (χ1) is 7.06. The monoisotopic (exact) mass is 225 g/mol. The molecule has 0 atom stereocenters. The molecule has 15 heavy (non-hydrogen) atoms. The highest BCUT2D eigenvalue weighted by molar-refractivity contribution is 7.71. The van der Waals surface area contributed by atoms with E-state index in [0.717, 1.165) is 0 Å². The number of nitrogens with two attached hydrogens (primary N) is 1. The van der Waals surface area contributed by atoms with Gasteiger partial charge in [-0.3, -0.25) is 4.79 Å². The molecule has 0 saturated heterocycles. The zero-order valence-electron chi connectivity index (χ0n) is 7.44. The van der Waals surface area contributed by atoms with Crippen LogP contribution in [0.4, 0.5) is 5.95 Å². The third-order valence-corrected chi connectivity index (χ3v) is 1.99. The van der Waals surface area contributed by atoms with Crippen molar-refractivity contribution >= 4 is 35.3 Å². The van der Waals surface area contributed by atoms with Gasteiger partial charge in [-0.2, -0.15) is 4.98 Å². The zero-order valence-corrected chi connectivity index (χ0v) is 8.26. The van der Waals surface area contributed by atoms with Crippen LogP contribution < -0.4 is 5.73 Å². The Morgan fingerprint density at radius 1 is 1.47 bits per heavy atom. The third kappa shape index (κ3) is 1.79. The lowest BCUT2D eigenvalue weighted by molar-refractivity contribution is -0.136. The van der Waals surface area contributed by atoms with Gasteiger partial charge in [-0.15, -0.1) is 0 Å². The summed E-state index contributed by atoms with van der Waals surface area (Å²) < 4.78 is 0.358. The number of aromatic nitrogens is 4. The van der Waals surface area contributed by atoms with E-state index >= 15 is 0 Å². The van der Waals surface area contributed by atoms with Crippen LogP contribution in [0, 0.1) is 4.77 Å². The molecular weight excluding hydrogens is 218 g/mol. The van der Waals surface area contributed by atoms with Gasteiger partial charge in [0.25, 0.3) is 0 Å². The van der Waals surface area contributed by atoms with Crippen molar-refractivity contribution in [3.8, 4) is 0 Å². The second-order valence-corrected chi connectivity index (χ2v) is 3.31. The van der Waals surface area contributed by atoms with Crippen LogP contribution in [0.2, 0.25) is 0 Å². The molecule has 0 unspecified atom stereocenters. The summed E-state index contributed by atoms with van der Waals surface area (Å²) in [6.45, 7) is 0. The van der Waals surface area contributed by atoms with Gasteiger partial charge in [0, 0.05) is 0 Å². The third-order valence-electron chi connectivity index (χ3n) is 1.79. The normalized spacial score (nSPS) is 10.7. The quantitative estimate of drug-likeness (QED) is 0.543. The number of carboxylic acid groups (broad SMARTS) is 1. The molecule has 0 aliphatic rings. The van der Waals surface area contributed by atoms with Gasteiger partial charge < -0.3 is 20.8 Å². The fourth-order valence-corrected chi connectivity index (χ4v) is 1.47. The van der Waals surface area contributed by atoms with E-state index in [1.807, 2.05) is 0 Å². The summed E-state index contributed by atoms with van der Waals surface area (Å²) in [6, 6.07) is 0. The average Bonchev–Trinajstić information content (AvgIpc) is 2.44. The molecule has 2 rings (SSSR count). The molecule has 0 aliphatic heterocycles. The van der Waals surface area contributed by atoms with Crippen LogP contribution in [-0.2, 0) is 11.2 Å². The summed E-state index contributed by atoms with van der Waals surface area (Å²) >= 11 is 4.86. The van der Waals surface area contributed by atoms with Crippen LogP contribution in [0.3, 0.4) is 0 Å². The maximum absolute atomic E-state index is 10.6. The van der Waals surface area contributed by atoms with Crippen molar-refractivity contribution in [3.63, 3.8) is 0 Å². The Labute approximate surface area is 88.4 Å². The molecule has 8 heteroatoms. The summed E-state index contributed by atoms with van der Waals surface area (Å²) in [6.07, 6.45) is -0.230. The van der Waals surface area contributed by atoms with Gasteiger partial charge in [0.1, 0.15) is 5.52 Å². The van der Waals surface area contributed by atoms with Gasteiger partial charge in [-0.05, 0) is 12.2 Å². The van der Waals surface area contributed by atoms with E-state index < -0.39 is 5.97 Å². The number of hydrogen-bond acceptors (Lipinski definition) is 5. The molecule has 0 aromatic carbocycles. The van der Waals surface area contributed by atoms with Crippen molar-refractivity contribution in [3.05, 3.63) is 10.5 Å². The minimum Gasteiger partial charge on any atom is -0.481 e. The van der Waals surface area contributed by atoms with E-state index in [-0.39, 0.29) is 12.4 Å². The Hall–Kier alpha value is -1.96. The first-order valence-electron chi connectivity index (χ1n) is 4.02. The second-order valence-electron chi connectivity index (χ2n) is 2.90. The predicted octanol–water partition coefficient (Wildman–Crippen LogP) is 0.225. The van der Waals surface area contributed by atoms with Crippen LogP contribution in [0.15, 0.2) is 0 Å². The van der Waals surface area contributed by atoms with Gasteiger partial charge in [0.15, 0.2) is 10.4 Å². The molecule has 2 aromatic heterocycles. The van der Waals surface area contributed by atoms with Crippen LogP contribution in [0.25, 0.3) is 11.2 Å². The van der Waals surface area contributed by atoms with Crippen LogP contribution in [0.5, 0.6) is 0 Å². The number of aromatic amines is 2. The standard InChI is InChI=1S/C7H7N5O2S/c8-6-9-2(1-3(13)14)4-5(11-6)12-7(15)10-4/h1H2,(H,13,14)(H4,8,9,10,11,12,15).